The molecule has 0 aromatic carbocycles. The van der Waals surface area contributed by atoms with E-state index in [0.29, 0.717) is 18.9 Å². The van der Waals surface area contributed by atoms with E-state index in [1.54, 1.807) is 13.2 Å². The lowest BCUT2D eigenvalue weighted by Gasteiger charge is -2.16. The lowest BCUT2D eigenvalue weighted by Crippen LogP contribution is -2.43. The fourth-order valence-electron chi connectivity index (χ4n) is 2.99. The summed E-state index contributed by atoms with van der Waals surface area (Å²) in [7, 11) is -1.24. The largest absolute Gasteiger partial charge is 0.353 e. The molecule has 0 spiro atoms. The van der Waals surface area contributed by atoms with Gasteiger partial charge in [0.1, 0.15) is 0 Å². The predicted molar refractivity (Wildman–Crippen MR) is 117 cm³/mol. The van der Waals surface area contributed by atoms with Crippen molar-refractivity contribution in [2.24, 2.45) is 4.99 Å². The summed E-state index contributed by atoms with van der Waals surface area (Å²) in [6.45, 7) is 4.50. The molecule has 1 aliphatic rings. The van der Waals surface area contributed by atoms with Crippen molar-refractivity contribution in [1.29, 1.82) is 0 Å². The maximum atomic E-state index is 11.5. The summed E-state index contributed by atoms with van der Waals surface area (Å²) in [6, 6.07) is 5.84. The van der Waals surface area contributed by atoms with E-state index in [4.69, 9.17) is 0 Å². The number of aryl methyl sites for hydroxylation is 2. The summed E-state index contributed by atoms with van der Waals surface area (Å²) in [5.41, 5.74) is 2.99. The molecule has 2 N–H and O–H groups in total. The van der Waals surface area contributed by atoms with Crippen LogP contribution in [0.1, 0.15) is 23.4 Å². The third kappa shape index (κ3) is 5.64. The van der Waals surface area contributed by atoms with Crippen LogP contribution >= 0.6 is 24.0 Å². The van der Waals surface area contributed by atoms with Gasteiger partial charge in [-0.2, -0.15) is 5.10 Å². The Labute approximate surface area is 176 Å². The molecule has 1 atom stereocenters. The molecule has 2 aromatic heterocycles. The second-order valence-corrected chi connectivity index (χ2v) is 8.76. The molecule has 10 heteroatoms. The standard InChI is InChI=1S/C17H24N6O2S.HI/c1-12-8-13(2)23(22-12)16-5-4-14(9-19-16)10-20-17(18-3)21-15-6-7-26(24,25)11-15;/h4-5,8-9,15H,6-7,10-11H2,1-3H3,(H2,18,20,21);1H. The van der Waals surface area contributed by atoms with Crippen molar-refractivity contribution in [3.63, 3.8) is 0 Å². The number of aromatic nitrogens is 3. The van der Waals surface area contributed by atoms with Crippen LogP contribution in [0, 0.1) is 13.8 Å². The number of nitrogens with zero attached hydrogens (tertiary/aromatic N) is 4. The third-order valence-electron chi connectivity index (χ3n) is 4.29. The average molecular weight is 504 g/mol. The minimum absolute atomic E-state index is 0. The van der Waals surface area contributed by atoms with Crippen LogP contribution in [0.2, 0.25) is 0 Å². The Bertz CT molecular complexity index is 908. The van der Waals surface area contributed by atoms with Crippen LogP contribution in [-0.4, -0.2) is 53.7 Å². The Morgan fingerprint density at radius 3 is 2.67 bits per heavy atom. The molecule has 0 bridgehead atoms. The first-order valence-corrected chi connectivity index (χ1v) is 10.3. The van der Waals surface area contributed by atoms with Crippen molar-refractivity contribution in [3.05, 3.63) is 41.3 Å². The van der Waals surface area contributed by atoms with Crippen LogP contribution in [0.25, 0.3) is 5.82 Å². The van der Waals surface area contributed by atoms with Crippen molar-refractivity contribution in [1.82, 2.24) is 25.4 Å². The highest BCUT2D eigenvalue weighted by atomic mass is 127. The van der Waals surface area contributed by atoms with Gasteiger partial charge in [0.05, 0.1) is 17.2 Å². The highest BCUT2D eigenvalue weighted by Crippen LogP contribution is 2.12. The summed E-state index contributed by atoms with van der Waals surface area (Å²) in [4.78, 5) is 8.63. The lowest BCUT2D eigenvalue weighted by molar-refractivity contribution is 0.599. The maximum absolute atomic E-state index is 11.5. The number of aliphatic imine (C=N–C) groups is 1. The van der Waals surface area contributed by atoms with Crippen LogP contribution in [-0.2, 0) is 16.4 Å². The van der Waals surface area contributed by atoms with Gasteiger partial charge in [-0.1, -0.05) is 6.07 Å². The Kier molecular flexibility index (Phi) is 7.20. The van der Waals surface area contributed by atoms with Gasteiger partial charge in [0.2, 0.25) is 0 Å². The molecule has 0 amide bonds. The Hall–Kier alpha value is -1.69. The van der Waals surface area contributed by atoms with E-state index < -0.39 is 9.84 Å². The molecular weight excluding hydrogens is 479 g/mol. The van der Waals surface area contributed by atoms with Gasteiger partial charge in [-0.25, -0.2) is 18.1 Å². The van der Waals surface area contributed by atoms with Gasteiger partial charge in [-0.15, -0.1) is 24.0 Å². The van der Waals surface area contributed by atoms with E-state index in [2.05, 4.69) is 25.7 Å². The summed E-state index contributed by atoms with van der Waals surface area (Å²) in [5.74, 6) is 1.76. The number of nitrogens with one attached hydrogen (secondary N) is 2. The zero-order chi connectivity index (χ0) is 18.7. The molecule has 2 aromatic rings. The van der Waals surface area contributed by atoms with Gasteiger partial charge >= 0.3 is 0 Å². The fourth-order valence-corrected chi connectivity index (χ4v) is 4.66. The molecule has 0 radical (unpaired) electrons. The van der Waals surface area contributed by atoms with E-state index in [9.17, 15) is 8.42 Å². The minimum Gasteiger partial charge on any atom is -0.353 e. The van der Waals surface area contributed by atoms with Crippen molar-refractivity contribution in [3.8, 4) is 5.82 Å². The molecule has 1 unspecified atom stereocenters. The highest BCUT2D eigenvalue weighted by Gasteiger charge is 2.28. The van der Waals surface area contributed by atoms with Crippen molar-refractivity contribution >= 4 is 39.8 Å². The number of guanidine groups is 1. The van der Waals surface area contributed by atoms with Gasteiger partial charge < -0.3 is 10.6 Å². The molecule has 27 heavy (non-hydrogen) atoms. The Morgan fingerprint density at radius 2 is 2.15 bits per heavy atom. The van der Waals surface area contributed by atoms with Gasteiger partial charge in [-0.3, -0.25) is 4.99 Å². The van der Waals surface area contributed by atoms with Gasteiger partial charge in [-0.05, 0) is 38.0 Å². The second kappa shape index (κ2) is 9.00. The number of hydrogen-bond acceptors (Lipinski definition) is 5. The summed E-state index contributed by atoms with van der Waals surface area (Å²) >= 11 is 0. The average Bonchev–Trinajstić information content (AvgIpc) is 3.12. The lowest BCUT2D eigenvalue weighted by atomic mass is 10.2. The summed E-state index contributed by atoms with van der Waals surface area (Å²) in [5, 5.41) is 10.8. The molecule has 1 fully saturated rings. The van der Waals surface area contributed by atoms with Crippen LogP contribution in [0.15, 0.2) is 29.4 Å². The maximum Gasteiger partial charge on any atom is 0.191 e. The second-order valence-electron chi connectivity index (χ2n) is 6.53. The normalized spacial score (nSPS) is 18.8. The van der Waals surface area contributed by atoms with Gasteiger partial charge in [0.15, 0.2) is 21.6 Å². The summed E-state index contributed by atoms with van der Waals surface area (Å²) < 4.78 is 24.9. The van der Waals surface area contributed by atoms with E-state index in [0.717, 1.165) is 22.8 Å². The monoisotopic (exact) mass is 504 g/mol. The van der Waals surface area contributed by atoms with Crippen molar-refractivity contribution in [2.45, 2.75) is 32.9 Å². The molecule has 8 nitrogen and oxygen atoms in total. The Balaban J connectivity index is 0.00000261. The van der Waals surface area contributed by atoms with E-state index in [-0.39, 0.29) is 41.5 Å². The quantitative estimate of drug-likeness (QED) is 0.371. The molecule has 0 aliphatic carbocycles. The first kappa shape index (κ1) is 21.6. The number of halogens is 1. The van der Waals surface area contributed by atoms with Crippen LogP contribution < -0.4 is 10.6 Å². The number of hydrogen-bond donors (Lipinski definition) is 2. The molecule has 3 rings (SSSR count). The van der Waals surface area contributed by atoms with Gasteiger partial charge in [0.25, 0.3) is 0 Å². The fraction of sp³-hybridized carbons (Fsp3) is 0.471. The molecule has 0 saturated carbocycles. The summed E-state index contributed by atoms with van der Waals surface area (Å²) in [6.07, 6.45) is 2.41. The minimum atomic E-state index is -2.91. The molecule has 148 valence electrons. The molecule has 1 aliphatic heterocycles. The SMILES string of the molecule is CN=C(NCc1ccc(-n2nc(C)cc2C)nc1)NC1CCS(=O)(=O)C1.I. The molecule has 1 saturated heterocycles. The molecule has 3 heterocycles. The van der Waals surface area contributed by atoms with E-state index >= 15 is 0 Å². The topological polar surface area (TPSA) is 101 Å². The Morgan fingerprint density at radius 1 is 1.37 bits per heavy atom. The number of rotatable bonds is 4. The van der Waals surface area contributed by atoms with Crippen LogP contribution in [0.4, 0.5) is 0 Å². The zero-order valence-electron chi connectivity index (χ0n) is 15.6. The van der Waals surface area contributed by atoms with Crippen LogP contribution in [0.3, 0.4) is 0 Å². The van der Waals surface area contributed by atoms with Crippen LogP contribution in [0.5, 0.6) is 0 Å². The predicted octanol–water partition coefficient (Wildman–Crippen LogP) is 1.35. The van der Waals surface area contributed by atoms with E-state index in [1.807, 2.05) is 36.7 Å². The smallest absolute Gasteiger partial charge is 0.191 e. The van der Waals surface area contributed by atoms with Gasteiger partial charge in [0, 0.05) is 31.5 Å². The highest BCUT2D eigenvalue weighted by molar-refractivity contribution is 14.0. The van der Waals surface area contributed by atoms with Crippen molar-refractivity contribution < 1.29 is 8.42 Å². The van der Waals surface area contributed by atoms with E-state index in [1.165, 1.54) is 0 Å². The molecular formula is C17H25IN6O2S. The first-order chi connectivity index (χ1) is 12.4. The third-order valence-corrected chi connectivity index (χ3v) is 6.06. The first-order valence-electron chi connectivity index (χ1n) is 8.52. The van der Waals surface area contributed by atoms with Crippen molar-refractivity contribution in [2.75, 3.05) is 18.6 Å². The number of pyridine rings is 1. The number of sulfone groups is 1. The zero-order valence-corrected chi connectivity index (χ0v) is 18.8.